The summed E-state index contributed by atoms with van der Waals surface area (Å²) in [5.41, 5.74) is 0.555. The Balaban J connectivity index is 1.99. The first-order valence-corrected chi connectivity index (χ1v) is 10.6. The number of ether oxygens (including phenoxy) is 2. The van der Waals surface area contributed by atoms with Crippen LogP contribution in [0.5, 0.6) is 5.75 Å². The summed E-state index contributed by atoms with van der Waals surface area (Å²) in [5.74, 6) is 0.178. The second-order valence-electron chi connectivity index (χ2n) is 7.48. The molecule has 0 amide bonds. The lowest BCUT2D eigenvalue weighted by atomic mass is 9.82. The van der Waals surface area contributed by atoms with Crippen LogP contribution in [0, 0.1) is 11.8 Å². The van der Waals surface area contributed by atoms with Crippen LogP contribution in [0.2, 0.25) is 0 Å². The zero-order chi connectivity index (χ0) is 19.5. The van der Waals surface area contributed by atoms with Gasteiger partial charge in [-0.05, 0) is 56.4 Å². The summed E-state index contributed by atoms with van der Waals surface area (Å²) in [6.07, 6.45) is 9.87. The second-order valence-corrected chi connectivity index (χ2v) is 7.48. The maximum absolute atomic E-state index is 13.0. The minimum absolute atomic E-state index is 0.135. The first kappa shape index (κ1) is 21.5. The molecule has 1 aromatic carbocycles. The molecule has 1 atom stereocenters. The molecule has 1 fully saturated rings. The third-order valence-corrected chi connectivity index (χ3v) is 5.38. The summed E-state index contributed by atoms with van der Waals surface area (Å²) < 4.78 is 10.8. The van der Waals surface area contributed by atoms with E-state index in [9.17, 15) is 9.59 Å². The average molecular weight is 375 g/mol. The number of unbranched alkanes of at least 4 members (excludes halogenated alkanes) is 1. The van der Waals surface area contributed by atoms with E-state index in [2.05, 4.69) is 6.92 Å². The van der Waals surface area contributed by atoms with Crippen LogP contribution in [0.25, 0.3) is 0 Å². The summed E-state index contributed by atoms with van der Waals surface area (Å²) >= 11 is 0. The van der Waals surface area contributed by atoms with Crippen molar-refractivity contribution in [3.63, 3.8) is 0 Å². The number of Topliss-reactive ketones (excluding diaryl/α,β-unsaturated/α-hetero) is 1. The van der Waals surface area contributed by atoms with E-state index < -0.39 is 5.92 Å². The molecule has 1 aromatic rings. The van der Waals surface area contributed by atoms with E-state index in [-0.39, 0.29) is 11.8 Å². The van der Waals surface area contributed by atoms with Crippen molar-refractivity contribution in [2.24, 2.45) is 11.8 Å². The number of benzene rings is 1. The highest BCUT2D eigenvalue weighted by Gasteiger charge is 2.30. The zero-order valence-corrected chi connectivity index (χ0v) is 16.9. The second kappa shape index (κ2) is 11.8. The van der Waals surface area contributed by atoms with Gasteiger partial charge in [-0.25, -0.2) is 0 Å². The Morgan fingerprint density at radius 2 is 1.78 bits per heavy atom. The molecule has 1 aliphatic rings. The molecule has 150 valence electrons. The fourth-order valence-electron chi connectivity index (χ4n) is 3.73. The summed E-state index contributed by atoms with van der Waals surface area (Å²) in [6.45, 7) is 4.88. The van der Waals surface area contributed by atoms with Gasteiger partial charge in [-0.15, -0.1) is 0 Å². The van der Waals surface area contributed by atoms with Crippen LogP contribution < -0.4 is 4.74 Å². The van der Waals surface area contributed by atoms with Gasteiger partial charge in [0, 0.05) is 5.56 Å². The molecule has 0 bridgehead atoms. The van der Waals surface area contributed by atoms with E-state index in [0.717, 1.165) is 25.0 Å². The Morgan fingerprint density at radius 3 is 2.41 bits per heavy atom. The van der Waals surface area contributed by atoms with Gasteiger partial charge in [-0.2, -0.15) is 0 Å². The van der Waals surface area contributed by atoms with Gasteiger partial charge in [0.2, 0.25) is 0 Å². The summed E-state index contributed by atoms with van der Waals surface area (Å²) in [7, 11) is 0. The standard InChI is InChI=1S/C23H34O4/c1-3-5-17-27-20-14-12-19(13-15-20)22(24)21(23(25)26-4-2)16-11-18-9-7-6-8-10-18/h12-15,18,21H,3-11,16-17H2,1-2H3. The SMILES string of the molecule is CCCCOc1ccc(C(=O)C(CCC2CCCCC2)C(=O)OCC)cc1. The van der Waals surface area contributed by atoms with Gasteiger partial charge in [0.15, 0.2) is 5.78 Å². The van der Waals surface area contributed by atoms with Gasteiger partial charge in [0.05, 0.1) is 13.2 Å². The van der Waals surface area contributed by atoms with E-state index in [4.69, 9.17) is 9.47 Å². The number of carbonyl (C=O) groups is 2. The molecule has 0 spiro atoms. The number of rotatable bonds is 11. The van der Waals surface area contributed by atoms with E-state index >= 15 is 0 Å². The van der Waals surface area contributed by atoms with Gasteiger partial charge in [-0.1, -0.05) is 45.4 Å². The van der Waals surface area contributed by atoms with Crippen LogP contribution in [0.4, 0.5) is 0 Å². The van der Waals surface area contributed by atoms with E-state index in [1.807, 2.05) is 12.1 Å². The van der Waals surface area contributed by atoms with Crippen molar-refractivity contribution in [1.29, 1.82) is 0 Å². The Morgan fingerprint density at radius 1 is 1.07 bits per heavy atom. The highest BCUT2D eigenvalue weighted by Crippen LogP contribution is 2.30. The van der Waals surface area contributed by atoms with E-state index in [1.54, 1.807) is 19.1 Å². The lowest BCUT2D eigenvalue weighted by molar-refractivity contribution is -0.146. The first-order chi connectivity index (χ1) is 13.2. The van der Waals surface area contributed by atoms with Crippen LogP contribution >= 0.6 is 0 Å². The van der Waals surface area contributed by atoms with Crippen molar-refractivity contribution in [3.8, 4) is 5.75 Å². The molecule has 1 saturated carbocycles. The van der Waals surface area contributed by atoms with E-state index in [1.165, 1.54) is 32.1 Å². The first-order valence-electron chi connectivity index (χ1n) is 10.6. The molecule has 0 aromatic heterocycles. The number of hydrogen-bond acceptors (Lipinski definition) is 4. The molecular formula is C23H34O4. The summed E-state index contributed by atoms with van der Waals surface area (Å²) in [6, 6.07) is 7.14. The smallest absolute Gasteiger partial charge is 0.316 e. The normalized spacial score (nSPS) is 15.9. The molecule has 1 unspecified atom stereocenters. The Bertz CT molecular complexity index is 573. The number of carbonyl (C=O) groups excluding carboxylic acids is 2. The number of hydrogen-bond donors (Lipinski definition) is 0. The lowest BCUT2D eigenvalue weighted by Gasteiger charge is -2.23. The van der Waals surface area contributed by atoms with Gasteiger partial charge in [0.25, 0.3) is 0 Å². The third-order valence-electron chi connectivity index (χ3n) is 5.38. The van der Waals surface area contributed by atoms with Crippen molar-refractivity contribution in [2.75, 3.05) is 13.2 Å². The Hall–Kier alpha value is -1.84. The maximum Gasteiger partial charge on any atom is 0.316 e. The third kappa shape index (κ3) is 7.00. The predicted octanol–water partition coefficient (Wildman–Crippen LogP) is 5.59. The summed E-state index contributed by atoms with van der Waals surface area (Å²) in [5, 5.41) is 0. The van der Waals surface area contributed by atoms with Crippen molar-refractivity contribution >= 4 is 11.8 Å². The zero-order valence-electron chi connectivity index (χ0n) is 16.9. The molecule has 0 aliphatic heterocycles. The van der Waals surface area contributed by atoms with Gasteiger partial charge >= 0.3 is 5.97 Å². The fraction of sp³-hybridized carbons (Fsp3) is 0.652. The topological polar surface area (TPSA) is 52.6 Å². The van der Waals surface area contributed by atoms with Crippen molar-refractivity contribution in [1.82, 2.24) is 0 Å². The minimum atomic E-state index is -0.696. The largest absolute Gasteiger partial charge is 0.494 e. The van der Waals surface area contributed by atoms with E-state index in [0.29, 0.717) is 31.1 Å². The molecule has 4 heteroatoms. The molecule has 0 radical (unpaired) electrons. The summed E-state index contributed by atoms with van der Waals surface area (Å²) in [4.78, 5) is 25.4. The lowest BCUT2D eigenvalue weighted by Crippen LogP contribution is -2.27. The minimum Gasteiger partial charge on any atom is -0.494 e. The van der Waals surface area contributed by atoms with Crippen LogP contribution in [-0.4, -0.2) is 25.0 Å². The molecule has 0 N–H and O–H groups in total. The van der Waals surface area contributed by atoms with Gasteiger partial charge < -0.3 is 9.47 Å². The van der Waals surface area contributed by atoms with Crippen LogP contribution in [0.1, 0.15) is 82.0 Å². The van der Waals surface area contributed by atoms with Gasteiger partial charge in [-0.3, -0.25) is 9.59 Å². The molecule has 27 heavy (non-hydrogen) atoms. The molecule has 1 aliphatic carbocycles. The van der Waals surface area contributed by atoms with Crippen LogP contribution in [0.3, 0.4) is 0 Å². The molecule has 4 nitrogen and oxygen atoms in total. The van der Waals surface area contributed by atoms with Gasteiger partial charge in [0.1, 0.15) is 11.7 Å². The maximum atomic E-state index is 13.0. The molecule has 2 rings (SSSR count). The Labute approximate surface area is 163 Å². The average Bonchev–Trinajstić information content (AvgIpc) is 2.70. The quantitative estimate of drug-likeness (QED) is 0.219. The Kier molecular flexibility index (Phi) is 9.37. The molecular weight excluding hydrogens is 340 g/mol. The molecule has 0 heterocycles. The number of ketones is 1. The molecule has 0 saturated heterocycles. The van der Waals surface area contributed by atoms with Crippen molar-refractivity contribution in [2.45, 2.75) is 71.6 Å². The highest BCUT2D eigenvalue weighted by molar-refractivity contribution is 6.08. The van der Waals surface area contributed by atoms with Crippen LogP contribution in [0.15, 0.2) is 24.3 Å². The van der Waals surface area contributed by atoms with Crippen LogP contribution in [-0.2, 0) is 9.53 Å². The predicted molar refractivity (Wildman–Crippen MR) is 107 cm³/mol. The fourth-order valence-corrected chi connectivity index (χ4v) is 3.73. The van der Waals surface area contributed by atoms with Crippen molar-refractivity contribution in [3.05, 3.63) is 29.8 Å². The monoisotopic (exact) mass is 374 g/mol. The number of esters is 1. The highest BCUT2D eigenvalue weighted by atomic mass is 16.5. The van der Waals surface area contributed by atoms with Crippen molar-refractivity contribution < 1.29 is 19.1 Å².